The minimum Gasteiger partial charge on any atom is -0.355 e. The van der Waals surface area contributed by atoms with Crippen molar-refractivity contribution in [3.05, 3.63) is 96.1 Å². The lowest BCUT2D eigenvalue weighted by molar-refractivity contribution is -0.199. The van der Waals surface area contributed by atoms with Gasteiger partial charge in [0.2, 0.25) is 11.8 Å². The average Bonchev–Trinajstić information content (AvgIpc) is 4.04. The second-order valence-corrected chi connectivity index (χ2v) is 19.5. The highest BCUT2D eigenvalue weighted by molar-refractivity contribution is 6.03. The van der Waals surface area contributed by atoms with Gasteiger partial charge in [-0.2, -0.15) is 0 Å². The van der Waals surface area contributed by atoms with E-state index in [1.54, 1.807) is 4.90 Å². The van der Waals surface area contributed by atoms with Crippen LogP contribution < -0.4 is 5.32 Å². The molecule has 0 bridgehead atoms. The first-order chi connectivity index (χ1) is 29.2. The van der Waals surface area contributed by atoms with Crippen LogP contribution in [0.1, 0.15) is 110 Å². The smallest absolute Gasteiger partial charge is 0.231 e. The minimum absolute atomic E-state index is 0.0473. The Balaban J connectivity index is 0.000000171. The molecule has 5 saturated heterocycles. The fourth-order valence-electron chi connectivity index (χ4n) is 11.3. The van der Waals surface area contributed by atoms with Crippen molar-refractivity contribution in [2.45, 2.75) is 154 Å². The van der Waals surface area contributed by atoms with Gasteiger partial charge in [-0.05, 0) is 69.9 Å². The van der Waals surface area contributed by atoms with Gasteiger partial charge in [0.25, 0.3) is 0 Å². The third-order valence-corrected chi connectivity index (χ3v) is 14.7. The lowest BCUT2D eigenvalue weighted by atomic mass is 9.69. The molecule has 2 amide bonds. The SMILES string of the molecule is CC(C)(C)[C@@H]1OC[C@]2(C(=O)[C@@H]3C=CCCC3)N1C(=O)[C@@H]1CC(OCc3ccccc3)O[C@@]12C.CC[C@]1(C(=O)[C@@H]2C=CCCC2)NC(=O)[C@@H]2CC(OCc3ccccc3)O[C@@]21C. The van der Waals surface area contributed by atoms with E-state index in [1.807, 2.05) is 93.6 Å². The molecule has 11 nitrogen and oxygen atoms in total. The van der Waals surface area contributed by atoms with Crippen molar-refractivity contribution >= 4 is 23.4 Å². The first kappa shape index (κ1) is 43.6. The van der Waals surface area contributed by atoms with Crippen LogP contribution in [-0.2, 0) is 56.1 Å². The number of hydrogen-bond acceptors (Lipinski definition) is 9. The van der Waals surface area contributed by atoms with Crippen LogP contribution in [0.5, 0.6) is 0 Å². The predicted molar refractivity (Wildman–Crippen MR) is 228 cm³/mol. The molecule has 5 aliphatic heterocycles. The highest BCUT2D eigenvalue weighted by Gasteiger charge is 2.78. The summed E-state index contributed by atoms with van der Waals surface area (Å²) in [7, 11) is 0. The molecule has 61 heavy (non-hydrogen) atoms. The van der Waals surface area contributed by atoms with E-state index in [0.717, 1.165) is 49.7 Å². The summed E-state index contributed by atoms with van der Waals surface area (Å²) in [5.74, 6) is -1.19. The molecule has 11 heteroatoms. The topological polar surface area (TPSA) is 130 Å². The molecule has 0 aromatic heterocycles. The Bertz CT molecular complexity index is 2010. The van der Waals surface area contributed by atoms with E-state index in [4.69, 9.17) is 23.7 Å². The van der Waals surface area contributed by atoms with E-state index in [2.05, 4.69) is 38.2 Å². The first-order valence-corrected chi connectivity index (χ1v) is 22.5. The molecule has 5 heterocycles. The number of amides is 2. The number of carbonyl (C=O) groups is 4. The minimum atomic E-state index is -1.14. The molecule has 0 saturated carbocycles. The number of Topliss-reactive ketones (excluding diaryl/α,β-unsaturated/α-hetero) is 2. The lowest BCUT2D eigenvalue weighted by Gasteiger charge is -2.44. The Labute approximate surface area is 360 Å². The molecule has 2 aromatic carbocycles. The van der Waals surface area contributed by atoms with E-state index < -0.39 is 47.0 Å². The number of ether oxygens (including phenoxy) is 5. The molecule has 0 radical (unpaired) electrons. The quantitative estimate of drug-likeness (QED) is 0.226. The van der Waals surface area contributed by atoms with E-state index in [0.29, 0.717) is 32.5 Å². The van der Waals surface area contributed by atoms with Gasteiger partial charge in [-0.1, -0.05) is 113 Å². The van der Waals surface area contributed by atoms with Crippen LogP contribution in [0.25, 0.3) is 0 Å². The molecule has 328 valence electrons. The number of benzene rings is 2. The van der Waals surface area contributed by atoms with Crippen LogP contribution in [0, 0.1) is 29.1 Å². The monoisotopic (exact) mass is 836 g/mol. The summed E-state index contributed by atoms with van der Waals surface area (Å²) in [5, 5.41) is 3.05. The molecule has 2 aliphatic carbocycles. The van der Waals surface area contributed by atoms with Crippen LogP contribution in [0.3, 0.4) is 0 Å². The second-order valence-electron chi connectivity index (χ2n) is 19.5. The van der Waals surface area contributed by atoms with Crippen molar-refractivity contribution in [2.75, 3.05) is 6.61 Å². The van der Waals surface area contributed by atoms with Gasteiger partial charge in [0.05, 0.1) is 31.7 Å². The van der Waals surface area contributed by atoms with Gasteiger partial charge in [-0.3, -0.25) is 24.1 Å². The number of nitrogens with zero attached hydrogens (tertiary/aromatic N) is 1. The summed E-state index contributed by atoms with van der Waals surface area (Å²) < 4.78 is 31.2. The fraction of sp³-hybridized carbons (Fsp3) is 0.600. The third-order valence-electron chi connectivity index (χ3n) is 14.7. The Morgan fingerprint density at radius 2 is 1.30 bits per heavy atom. The predicted octanol–water partition coefficient (Wildman–Crippen LogP) is 7.76. The highest BCUT2D eigenvalue weighted by Crippen LogP contribution is 2.59. The maximum atomic E-state index is 14.2. The molecule has 2 aromatic rings. The van der Waals surface area contributed by atoms with Gasteiger partial charge in [0.1, 0.15) is 23.0 Å². The molecule has 5 fully saturated rings. The zero-order chi connectivity index (χ0) is 43.2. The number of rotatable bonds is 11. The molecular formula is C50H64N2O9. The van der Waals surface area contributed by atoms with Gasteiger partial charge >= 0.3 is 0 Å². The summed E-state index contributed by atoms with van der Waals surface area (Å²) in [6.07, 6.45) is 13.8. The Morgan fingerprint density at radius 1 is 0.770 bits per heavy atom. The lowest BCUT2D eigenvalue weighted by Crippen LogP contribution is -2.65. The van der Waals surface area contributed by atoms with Gasteiger partial charge in [0.15, 0.2) is 29.7 Å². The summed E-state index contributed by atoms with van der Waals surface area (Å²) in [5.41, 5.74) is -2.22. The molecule has 0 spiro atoms. The third kappa shape index (κ3) is 7.46. The van der Waals surface area contributed by atoms with Crippen molar-refractivity contribution < 1.29 is 42.9 Å². The second kappa shape index (κ2) is 16.9. The van der Waals surface area contributed by atoms with Gasteiger partial charge in [0, 0.05) is 30.1 Å². The maximum absolute atomic E-state index is 14.2. The number of fused-ring (bicyclic) bond motifs is 4. The standard InChI is InChI=1S/C27H35NO5.C23H29NO4/c1-25(2,3)24-28-23(30)20-15-21(31-16-18-11-7-5-8-12-18)33-26(20,4)27(28,17-32-24)22(29)19-13-9-6-10-14-19;1-3-23(20(25)17-12-8-5-9-13-17)22(2)18(21(26)24-23)14-19(28-22)27-15-16-10-6-4-7-11-16/h5,7-9,11-13,19-21,24H,6,10,14-17H2,1-4H3;4,6-8,10-12,17-19H,3,5,9,13-15H2,1-2H3,(H,24,26)/t19-,20+,21?,24+,26+,27-;17-,18+,19?,22+,23-/m11/s1. The van der Waals surface area contributed by atoms with Crippen molar-refractivity contribution in [2.24, 2.45) is 29.1 Å². The highest BCUT2D eigenvalue weighted by atomic mass is 16.7. The zero-order valence-electron chi connectivity index (χ0n) is 36.7. The van der Waals surface area contributed by atoms with Crippen LogP contribution >= 0.6 is 0 Å². The van der Waals surface area contributed by atoms with Gasteiger partial charge in [-0.15, -0.1) is 0 Å². The fourth-order valence-corrected chi connectivity index (χ4v) is 11.3. The van der Waals surface area contributed by atoms with Gasteiger partial charge < -0.3 is 29.0 Å². The Morgan fingerprint density at radius 3 is 1.80 bits per heavy atom. The normalized spacial score (nSPS) is 37.5. The summed E-state index contributed by atoms with van der Waals surface area (Å²) in [4.78, 5) is 56.2. The molecule has 1 N–H and O–H groups in total. The van der Waals surface area contributed by atoms with Crippen molar-refractivity contribution in [1.82, 2.24) is 10.2 Å². The number of ketones is 2. The van der Waals surface area contributed by atoms with E-state index in [1.165, 1.54) is 0 Å². The Hall–Kier alpha value is -4.00. The molecule has 2 unspecified atom stereocenters. The van der Waals surface area contributed by atoms with Crippen LogP contribution in [-0.4, -0.2) is 76.0 Å². The van der Waals surface area contributed by atoms with E-state index >= 15 is 0 Å². The van der Waals surface area contributed by atoms with Crippen molar-refractivity contribution in [3.8, 4) is 0 Å². The maximum Gasteiger partial charge on any atom is 0.231 e. The number of hydrogen-bond donors (Lipinski definition) is 1. The number of carbonyl (C=O) groups excluding carboxylic acids is 4. The number of allylic oxidation sites excluding steroid dienone is 4. The van der Waals surface area contributed by atoms with Gasteiger partial charge in [-0.25, -0.2) is 0 Å². The average molecular weight is 837 g/mol. The van der Waals surface area contributed by atoms with Crippen molar-refractivity contribution in [3.63, 3.8) is 0 Å². The van der Waals surface area contributed by atoms with Crippen molar-refractivity contribution in [1.29, 1.82) is 0 Å². The summed E-state index contributed by atoms with van der Waals surface area (Å²) in [6, 6.07) is 19.8. The van der Waals surface area contributed by atoms with Crippen LogP contribution in [0.15, 0.2) is 85.0 Å². The number of nitrogens with one attached hydrogen (secondary N) is 1. The largest absolute Gasteiger partial charge is 0.355 e. The van der Waals surface area contributed by atoms with Crippen LogP contribution in [0.4, 0.5) is 0 Å². The summed E-state index contributed by atoms with van der Waals surface area (Å²) >= 11 is 0. The molecule has 9 rings (SSSR count). The molecule has 7 aliphatic rings. The summed E-state index contributed by atoms with van der Waals surface area (Å²) in [6.45, 7) is 12.9. The van der Waals surface area contributed by atoms with E-state index in [9.17, 15) is 19.2 Å². The van der Waals surface area contributed by atoms with Crippen LogP contribution in [0.2, 0.25) is 0 Å². The van der Waals surface area contributed by atoms with E-state index in [-0.39, 0.29) is 53.2 Å². The molecule has 11 atom stereocenters. The zero-order valence-corrected chi connectivity index (χ0v) is 36.7. The Kier molecular flexibility index (Phi) is 12.1. The molecular weight excluding hydrogens is 773 g/mol. The first-order valence-electron chi connectivity index (χ1n) is 22.5.